The first-order chi connectivity index (χ1) is 17.9. The van der Waals surface area contributed by atoms with Gasteiger partial charge in [0, 0.05) is 17.3 Å². The van der Waals surface area contributed by atoms with Gasteiger partial charge in [-0.1, -0.05) is 72.3 Å². The molecule has 1 heterocycles. The normalized spacial score (nSPS) is 19.2. The predicted octanol–water partition coefficient (Wildman–Crippen LogP) is 8.84. The van der Waals surface area contributed by atoms with Crippen LogP contribution in [0.1, 0.15) is 39.3 Å². The summed E-state index contributed by atoms with van der Waals surface area (Å²) in [7, 11) is 0. The maximum absolute atomic E-state index is 13.2. The van der Waals surface area contributed by atoms with Crippen LogP contribution in [0.15, 0.2) is 103 Å². The number of aryl methyl sites for hydroxylation is 1. The van der Waals surface area contributed by atoms with E-state index >= 15 is 0 Å². The van der Waals surface area contributed by atoms with E-state index in [0.717, 1.165) is 17.8 Å². The van der Waals surface area contributed by atoms with Gasteiger partial charge in [0.25, 0.3) is 0 Å². The summed E-state index contributed by atoms with van der Waals surface area (Å²) in [6.07, 6.45) is 3.32. The van der Waals surface area contributed by atoms with Gasteiger partial charge < -0.3 is 4.90 Å². The SMILES string of the molecule is Cc1ccc2c(c1)C1C=C(c3ccc4c(c3)-c3ccccc3C4)C=CC1N2c1ccc(C(F)(F)F)cc1. The van der Waals surface area contributed by atoms with Crippen molar-refractivity contribution in [2.24, 2.45) is 0 Å². The van der Waals surface area contributed by atoms with E-state index in [0.29, 0.717) is 0 Å². The molecular weight excluding hydrogens is 467 g/mol. The van der Waals surface area contributed by atoms with Crippen molar-refractivity contribution in [2.75, 3.05) is 4.90 Å². The second kappa shape index (κ2) is 7.97. The van der Waals surface area contributed by atoms with E-state index < -0.39 is 11.7 Å². The molecule has 0 amide bonds. The summed E-state index contributed by atoms with van der Waals surface area (Å²) in [5, 5.41) is 0. The Morgan fingerprint density at radius 1 is 0.811 bits per heavy atom. The lowest BCUT2D eigenvalue weighted by molar-refractivity contribution is -0.137. The maximum Gasteiger partial charge on any atom is 0.416 e. The van der Waals surface area contributed by atoms with E-state index in [-0.39, 0.29) is 12.0 Å². The van der Waals surface area contributed by atoms with E-state index in [1.807, 2.05) is 0 Å². The van der Waals surface area contributed by atoms with Crippen LogP contribution in [0.25, 0.3) is 16.7 Å². The molecule has 2 atom stereocenters. The van der Waals surface area contributed by atoms with Crippen molar-refractivity contribution in [3.63, 3.8) is 0 Å². The fourth-order valence-electron chi connectivity index (χ4n) is 6.13. The molecule has 4 aromatic carbocycles. The van der Waals surface area contributed by atoms with Crippen LogP contribution >= 0.6 is 0 Å². The fourth-order valence-corrected chi connectivity index (χ4v) is 6.13. The molecular formula is C33H24F3N. The molecule has 0 N–H and O–H groups in total. The van der Waals surface area contributed by atoms with Crippen molar-refractivity contribution in [1.29, 1.82) is 0 Å². The molecule has 182 valence electrons. The van der Waals surface area contributed by atoms with Gasteiger partial charge in [0.15, 0.2) is 0 Å². The van der Waals surface area contributed by atoms with Gasteiger partial charge in [0.1, 0.15) is 0 Å². The number of benzene rings is 4. The highest BCUT2D eigenvalue weighted by molar-refractivity contribution is 5.86. The average Bonchev–Trinajstić information content (AvgIpc) is 3.43. The van der Waals surface area contributed by atoms with Crippen LogP contribution in [0.2, 0.25) is 0 Å². The molecule has 37 heavy (non-hydrogen) atoms. The molecule has 0 spiro atoms. The van der Waals surface area contributed by atoms with Crippen molar-refractivity contribution >= 4 is 16.9 Å². The molecule has 0 saturated heterocycles. The molecule has 4 heteroatoms. The Balaban J connectivity index is 1.29. The topological polar surface area (TPSA) is 3.24 Å². The number of halogens is 3. The molecule has 1 aliphatic heterocycles. The van der Waals surface area contributed by atoms with Crippen LogP contribution in [0, 0.1) is 6.92 Å². The van der Waals surface area contributed by atoms with Gasteiger partial charge in [0.05, 0.1) is 11.6 Å². The van der Waals surface area contributed by atoms with Crippen molar-refractivity contribution in [3.8, 4) is 11.1 Å². The van der Waals surface area contributed by atoms with Crippen molar-refractivity contribution < 1.29 is 13.2 Å². The Bertz CT molecular complexity index is 1610. The van der Waals surface area contributed by atoms with E-state index in [9.17, 15) is 13.2 Å². The van der Waals surface area contributed by atoms with Crippen molar-refractivity contribution in [1.82, 2.24) is 0 Å². The van der Waals surface area contributed by atoms with Crippen LogP contribution in [0.3, 0.4) is 0 Å². The summed E-state index contributed by atoms with van der Waals surface area (Å²) in [5.74, 6) is 0.109. The van der Waals surface area contributed by atoms with Crippen LogP contribution < -0.4 is 4.90 Å². The quantitative estimate of drug-likeness (QED) is 0.238. The predicted molar refractivity (Wildman–Crippen MR) is 143 cm³/mol. The Labute approximate surface area is 214 Å². The van der Waals surface area contributed by atoms with Crippen LogP contribution in [-0.4, -0.2) is 6.04 Å². The van der Waals surface area contributed by atoms with Crippen LogP contribution in [0.4, 0.5) is 24.5 Å². The molecule has 0 radical (unpaired) electrons. The second-order valence-corrected chi connectivity index (χ2v) is 10.2. The lowest BCUT2D eigenvalue weighted by Gasteiger charge is -2.30. The molecule has 3 aliphatic rings. The third-order valence-corrected chi connectivity index (χ3v) is 7.90. The summed E-state index contributed by atoms with van der Waals surface area (Å²) < 4.78 is 39.6. The first kappa shape index (κ1) is 22.2. The largest absolute Gasteiger partial charge is 0.416 e. The Morgan fingerprint density at radius 2 is 1.59 bits per heavy atom. The van der Waals surface area contributed by atoms with Gasteiger partial charge in [-0.2, -0.15) is 13.2 Å². The summed E-state index contributed by atoms with van der Waals surface area (Å²) in [5.41, 5.74) is 11.3. The van der Waals surface area contributed by atoms with Gasteiger partial charge in [-0.05, 0) is 88.7 Å². The maximum atomic E-state index is 13.2. The van der Waals surface area contributed by atoms with Gasteiger partial charge in [-0.15, -0.1) is 0 Å². The number of nitrogens with zero attached hydrogens (tertiary/aromatic N) is 1. The molecule has 0 aromatic heterocycles. The molecule has 2 unspecified atom stereocenters. The summed E-state index contributed by atoms with van der Waals surface area (Å²) in [6, 6.07) is 27.2. The van der Waals surface area contributed by atoms with E-state index in [1.165, 1.54) is 56.6 Å². The molecule has 0 saturated carbocycles. The van der Waals surface area contributed by atoms with Crippen molar-refractivity contribution in [2.45, 2.75) is 31.5 Å². The zero-order valence-corrected chi connectivity index (χ0v) is 20.3. The lowest BCUT2D eigenvalue weighted by Crippen LogP contribution is -2.29. The highest BCUT2D eigenvalue weighted by atomic mass is 19.4. The van der Waals surface area contributed by atoms with Crippen LogP contribution in [0.5, 0.6) is 0 Å². The minimum Gasteiger partial charge on any atom is -0.333 e. The third-order valence-electron chi connectivity index (χ3n) is 7.90. The highest BCUT2D eigenvalue weighted by Gasteiger charge is 2.39. The number of hydrogen-bond acceptors (Lipinski definition) is 1. The van der Waals surface area contributed by atoms with Gasteiger partial charge in [-0.25, -0.2) is 0 Å². The first-order valence-corrected chi connectivity index (χ1v) is 12.6. The standard InChI is InChI=1S/C33H24F3N/c1-20-6-14-31-29(16-20)30-19-22(21-7-8-24-17-23-4-2-3-5-27(23)28(24)18-21)9-15-32(30)37(31)26-12-10-25(11-13-26)33(34,35)36/h2-16,18-19,30,32H,17H2,1H3. The molecule has 0 fully saturated rings. The minimum absolute atomic E-state index is 0.00689. The van der Waals surface area contributed by atoms with E-state index in [1.54, 1.807) is 12.1 Å². The van der Waals surface area contributed by atoms with Gasteiger partial charge >= 0.3 is 6.18 Å². The van der Waals surface area contributed by atoms with E-state index in [2.05, 4.69) is 90.7 Å². The minimum atomic E-state index is -4.35. The van der Waals surface area contributed by atoms with Gasteiger partial charge in [0.2, 0.25) is 0 Å². The Kier molecular flexibility index (Phi) is 4.78. The molecule has 1 nitrogen and oxygen atoms in total. The fraction of sp³-hybridized carbons (Fsp3) is 0.152. The van der Waals surface area contributed by atoms with Gasteiger partial charge in [-0.3, -0.25) is 0 Å². The smallest absolute Gasteiger partial charge is 0.333 e. The summed E-state index contributed by atoms with van der Waals surface area (Å²) >= 11 is 0. The highest BCUT2D eigenvalue weighted by Crippen LogP contribution is 2.50. The number of hydrogen-bond donors (Lipinski definition) is 0. The number of anilines is 2. The first-order valence-electron chi connectivity index (χ1n) is 12.6. The van der Waals surface area contributed by atoms with E-state index in [4.69, 9.17) is 0 Å². The summed E-state index contributed by atoms with van der Waals surface area (Å²) in [4.78, 5) is 2.17. The summed E-state index contributed by atoms with van der Waals surface area (Å²) in [6.45, 7) is 2.08. The van der Waals surface area contributed by atoms with Crippen LogP contribution in [-0.2, 0) is 12.6 Å². The third kappa shape index (κ3) is 3.54. The molecule has 2 aliphatic carbocycles. The molecule has 4 aromatic rings. The monoisotopic (exact) mass is 491 g/mol. The number of alkyl halides is 3. The Morgan fingerprint density at radius 3 is 2.41 bits per heavy atom. The lowest BCUT2D eigenvalue weighted by atomic mass is 9.85. The zero-order valence-electron chi connectivity index (χ0n) is 20.3. The average molecular weight is 492 g/mol. The number of fused-ring (bicyclic) bond motifs is 6. The molecule has 0 bridgehead atoms. The Hall–Kier alpha value is -4.05. The second-order valence-electron chi connectivity index (χ2n) is 10.2. The number of rotatable bonds is 2. The number of allylic oxidation sites excluding steroid dienone is 2. The van der Waals surface area contributed by atoms with Crippen molar-refractivity contribution in [3.05, 3.63) is 137 Å². The zero-order chi connectivity index (χ0) is 25.3. The molecule has 7 rings (SSSR count).